The summed E-state index contributed by atoms with van der Waals surface area (Å²) in [5, 5.41) is 4.47. The average molecular weight is 285 g/mol. The van der Waals surface area contributed by atoms with Crippen LogP contribution in [0.5, 0.6) is 0 Å². The second kappa shape index (κ2) is 6.31. The molecule has 1 aromatic heterocycles. The molecule has 112 valence electrons. The third kappa shape index (κ3) is 2.81. The van der Waals surface area contributed by atoms with Crippen LogP contribution in [0.15, 0.2) is 24.3 Å². The number of nitrogens with zero attached hydrogens (tertiary/aromatic N) is 2. The predicted octanol–water partition coefficient (Wildman–Crippen LogP) is 3.07. The van der Waals surface area contributed by atoms with Gasteiger partial charge >= 0.3 is 0 Å². The van der Waals surface area contributed by atoms with Crippen LogP contribution in [0.3, 0.4) is 0 Å². The van der Waals surface area contributed by atoms with E-state index in [4.69, 9.17) is 9.72 Å². The molecule has 2 heterocycles. The Morgan fingerprint density at radius 1 is 1.29 bits per heavy atom. The Morgan fingerprint density at radius 2 is 2.10 bits per heavy atom. The monoisotopic (exact) mass is 285 g/mol. The molecule has 1 N–H and O–H groups in total. The van der Waals surface area contributed by atoms with Gasteiger partial charge in [0, 0.05) is 25.5 Å². The number of nitrogens with one attached hydrogen (secondary N) is 1. The highest BCUT2D eigenvalue weighted by Crippen LogP contribution is 2.29. The lowest BCUT2D eigenvalue weighted by molar-refractivity contribution is 0.123. The minimum atomic E-state index is 0.795. The molecule has 3 rings (SSSR count). The lowest BCUT2D eigenvalue weighted by atomic mass is 10.1. The predicted molar refractivity (Wildman–Crippen MR) is 88.3 cm³/mol. The van der Waals surface area contributed by atoms with Crippen molar-refractivity contribution in [3.8, 4) is 0 Å². The highest BCUT2D eigenvalue weighted by molar-refractivity contribution is 5.92. The van der Waals surface area contributed by atoms with Crippen LogP contribution in [0.4, 0.5) is 11.5 Å². The first-order valence-corrected chi connectivity index (χ1v) is 7.76. The van der Waals surface area contributed by atoms with Crippen molar-refractivity contribution in [1.82, 2.24) is 4.98 Å². The number of aromatic nitrogens is 1. The van der Waals surface area contributed by atoms with Gasteiger partial charge in [-0.2, -0.15) is 0 Å². The van der Waals surface area contributed by atoms with Gasteiger partial charge < -0.3 is 15.0 Å². The topological polar surface area (TPSA) is 37.4 Å². The van der Waals surface area contributed by atoms with E-state index in [1.165, 1.54) is 16.6 Å². The van der Waals surface area contributed by atoms with Gasteiger partial charge in [0.05, 0.1) is 24.4 Å². The molecule has 0 unspecified atom stereocenters. The largest absolute Gasteiger partial charge is 0.378 e. The van der Waals surface area contributed by atoms with Crippen molar-refractivity contribution in [3.05, 3.63) is 29.8 Å². The summed E-state index contributed by atoms with van der Waals surface area (Å²) in [7, 11) is 1.95. The van der Waals surface area contributed by atoms with Gasteiger partial charge in [-0.3, -0.25) is 0 Å². The van der Waals surface area contributed by atoms with Gasteiger partial charge in [-0.15, -0.1) is 0 Å². The zero-order valence-electron chi connectivity index (χ0n) is 12.9. The van der Waals surface area contributed by atoms with Crippen LogP contribution in [0.1, 0.15) is 18.9 Å². The Balaban J connectivity index is 2.09. The van der Waals surface area contributed by atoms with Crippen molar-refractivity contribution in [2.24, 2.45) is 0 Å². The Kier molecular flexibility index (Phi) is 4.25. The number of pyridine rings is 1. The number of benzene rings is 1. The molecule has 1 aromatic carbocycles. The summed E-state index contributed by atoms with van der Waals surface area (Å²) >= 11 is 0. The smallest absolute Gasteiger partial charge is 0.129 e. The second-order valence-electron chi connectivity index (χ2n) is 5.44. The SMILES string of the molecule is CCCc1cc2cccc(N3CCOCC3)c2nc1NC. The molecule has 0 amide bonds. The summed E-state index contributed by atoms with van der Waals surface area (Å²) in [6, 6.07) is 8.73. The van der Waals surface area contributed by atoms with Gasteiger partial charge in [0.15, 0.2) is 0 Å². The number of para-hydroxylation sites is 1. The van der Waals surface area contributed by atoms with Crippen molar-refractivity contribution in [2.45, 2.75) is 19.8 Å². The van der Waals surface area contributed by atoms with E-state index >= 15 is 0 Å². The van der Waals surface area contributed by atoms with Gasteiger partial charge in [-0.05, 0) is 24.1 Å². The highest BCUT2D eigenvalue weighted by atomic mass is 16.5. The maximum Gasteiger partial charge on any atom is 0.129 e. The molecule has 0 radical (unpaired) electrons. The van der Waals surface area contributed by atoms with Gasteiger partial charge in [-0.25, -0.2) is 4.98 Å². The fourth-order valence-corrected chi connectivity index (χ4v) is 2.96. The zero-order valence-corrected chi connectivity index (χ0v) is 12.9. The second-order valence-corrected chi connectivity index (χ2v) is 5.44. The summed E-state index contributed by atoms with van der Waals surface area (Å²) in [6.07, 6.45) is 2.19. The summed E-state index contributed by atoms with van der Waals surface area (Å²) < 4.78 is 5.45. The highest BCUT2D eigenvalue weighted by Gasteiger charge is 2.15. The maximum atomic E-state index is 5.45. The summed E-state index contributed by atoms with van der Waals surface area (Å²) in [5.41, 5.74) is 3.60. The van der Waals surface area contributed by atoms with Crippen LogP contribution < -0.4 is 10.2 Å². The fraction of sp³-hybridized carbons (Fsp3) is 0.471. The molecule has 21 heavy (non-hydrogen) atoms. The Morgan fingerprint density at radius 3 is 2.81 bits per heavy atom. The number of rotatable bonds is 4. The van der Waals surface area contributed by atoms with E-state index in [0.29, 0.717) is 0 Å². The molecule has 0 saturated carbocycles. The Labute approximate surface area is 126 Å². The van der Waals surface area contributed by atoms with Crippen LogP contribution in [0, 0.1) is 0 Å². The lowest BCUT2D eigenvalue weighted by Gasteiger charge is -2.29. The number of ether oxygens (including phenoxy) is 1. The van der Waals surface area contributed by atoms with E-state index in [1.807, 2.05) is 7.05 Å². The van der Waals surface area contributed by atoms with E-state index in [2.05, 4.69) is 41.4 Å². The Hall–Kier alpha value is -1.81. The molecule has 4 heteroatoms. The molecular weight excluding hydrogens is 262 g/mol. The maximum absolute atomic E-state index is 5.45. The van der Waals surface area contributed by atoms with Gasteiger partial charge in [0.2, 0.25) is 0 Å². The molecule has 1 fully saturated rings. The van der Waals surface area contributed by atoms with E-state index in [9.17, 15) is 0 Å². The molecular formula is C17H23N3O. The molecule has 0 atom stereocenters. The quantitative estimate of drug-likeness (QED) is 0.937. The molecule has 0 aliphatic carbocycles. The first kappa shape index (κ1) is 14.1. The Bertz CT molecular complexity index is 621. The summed E-state index contributed by atoms with van der Waals surface area (Å²) in [4.78, 5) is 7.27. The zero-order chi connectivity index (χ0) is 14.7. The fourth-order valence-electron chi connectivity index (χ4n) is 2.96. The van der Waals surface area contributed by atoms with Crippen LogP contribution >= 0.6 is 0 Å². The van der Waals surface area contributed by atoms with Crippen LogP contribution in [-0.2, 0) is 11.2 Å². The number of morpholine rings is 1. The van der Waals surface area contributed by atoms with E-state index in [-0.39, 0.29) is 0 Å². The molecule has 0 spiro atoms. The third-order valence-electron chi connectivity index (χ3n) is 4.01. The van der Waals surface area contributed by atoms with E-state index < -0.39 is 0 Å². The first-order valence-electron chi connectivity index (χ1n) is 7.76. The lowest BCUT2D eigenvalue weighted by Crippen LogP contribution is -2.36. The number of anilines is 2. The standard InChI is InChI=1S/C17H23N3O/c1-3-5-14-12-13-6-4-7-15(16(13)19-17(14)18-2)20-8-10-21-11-9-20/h4,6-7,12H,3,5,8-11H2,1-2H3,(H,18,19). The number of hydrogen-bond acceptors (Lipinski definition) is 4. The van der Waals surface area contributed by atoms with Crippen LogP contribution in [0.25, 0.3) is 10.9 Å². The number of hydrogen-bond donors (Lipinski definition) is 1. The minimum absolute atomic E-state index is 0.795. The van der Waals surface area contributed by atoms with Crippen molar-refractivity contribution >= 4 is 22.4 Å². The van der Waals surface area contributed by atoms with Gasteiger partial charge in [0.1, 0.15) is 5.82 Å². The van der Waals surface area contributed by atoms with Crippen molar-refractivity contribution in [2.75, 3.05) is 43.6 Å². The van der Waals surface area contributed by atoms with Crippen LogP contribution in [0.2, 0.25) is 0 Å². The summed E-state index contributed by atoms with van der Waals surface area (Å²) in [6.45, 7) is 5.67. The van der Waals surface area contributed by atoms with Crippen molar-refractivity contribution in [1.29, 1.82) is 0 Å². The normalized spacial score (nSPS) is 15.4. The van der Waals surface area contributed by atoms with E-state index in [1.54, 1.807) is 0 Å². The molecule has 1 saturated heterocycles. The molecule has 1 aliphatic rings. The molecule has 2 aromatic rings. The number of aryl methyl sites for hydroxylation is 1. The van der Waals surface area contributed by atoms with Crippen LogP contribution in [-0.4, -0.2) is 38.3 Å². The molecule has 1 aliphatic heterocycles. The third-order valence-corrected chi connectivity index (χ3v) is 4.01. The van der Waals surface area contributed by atoms with E-state index in [0.717, 1.165) is 50.5 Å². The van der Waals surface area contributed by atoms with Gasteiger partial charge in [-0.1, -0.05) is 25.5 Å². The minimum Gasteiger partial charge on any atom is -0.378 e. The summed E-state index contributed by atoms with van der Waals surface area (Å²) in [5.74, 6) is 1.00. The average Bonchev–Trinajstić information content (AvgIpc) is 2.54. The molecule has 4 nitrogen and oxygen atoms in total. The first-order chi connectivity index (χ1) is 10.3. The van der Waals surface area contributed by atoms with Gasteiger partial charge in [0.25, 0.3) is 0 Å². The number of fused-ring (bicyclic) bond motifs is 1. The van der Waals surface area contributed by atoms with Crippen molar-refractivity contribution < 1.29 is 4.74 Å². The molecule has 0 bridgehead atoms. The van der Waals surface area contributed by atoms with Crippen molar-refractivity contribution in [3.63, 3.8) is 0 Å².